The lowest BCUT2D eigenvalue weighted by Gasteiger charge is -2.18. The van der Waals surface area contributed by atoms with Crippen molar-refractivity contribution in [3.05, 3.63) is 51.5 Å². The molecule has 1 aromatic heterocycles. The largest absolute Gasteiger partial charge is 0.416 e. The number of aromatic nitrogens is 1. The third-order valence-electron chi connectivity index (χ3n) is 2.82. The summed E-state index contributed by atoms with van der Waals surface area (Å²) >= 11 is 1.40. The highest BCUT2D eigenvalue weighted by molar-refractivity contribution is 7.07. The number of hydrogen-bond donors (Lipinski definition) is 2. The topological polar surface area (TPSA) is 50.9 Å². The van der Waals surface area contributed by atoms with Gasteiger partial charge in [0.2, 0.25) is 0 Å². The predicted molar refractivity (Wildman–Crippen MR) is 67.5 cm³/mol. The van der Waals surface area contributed by atoms with Gasteiger partial charge in [-0.2, -0.15) is 13.2 Å². The van der Waals surface area contributed by atoms with Gasteiger partial charge in [-0.15, -0.1) is 11.3 Å². The molecule has 0 radical (unpaired) electrons. The number of rotatable bonds is 3. The van der Waals surface area contributed by atoms with Crippen LogP contribution in [0.1, 0.15) is 28.4 Å². The first-order valence-electron chi connectivity index (χ1n) is 5.45. The molecule has 19 heavy (non-hydrogen) atoms. The third-order valence-corrected chi connectivity index (χ3v) is 3.43. The van der Waals surface area contributed by atoms with Gasteiger partial charge in [0.05, 0.1) is 22.8 Å². The second kappa shape index (κ2) is 5.28. The van der Waals surface area contributed by atoms with Crippen molar-refractivity contribution < 1.29 is 13.2 Å². The minimum atomic E-state index is -4.34. The Kier molecular flexibility index (Phi) is 3.88. The predicted octanol–water partition coefficient (Wildman–Crippen LogP) is 3.02. The Hall–Kier alpha value is -1.44. The Morgan fingerprint density at radius 3 is 2.58 bits per heavy atom. The van der Waals surface area contributed by atoms with Gasteiger partial charge in [-0.3, -0.25) is 5.84 Å². The first-order chi connectivity index (χ1) is 8.93. The summed E-state index contributed by atoms with van der Waals surface area (Å²) in [5.41, 5.74) is 5.46. The van der Waals surface area contributed by atoms with Crippen LogP contribution in [0.3, 0.4) is 0 Å². The maximum absolute atomic E-state index is 12.6. The zero-order valence-electron chi connectivity index (χ0n) is 10.0. The number of hydrazine groups is 1. The fourth-order valence-corrected chi connectivity index (χ4v) is 2.45. The number of thiazole rings is 1. The molecule has 0 aliphatic rings. The quantitative estimate of drug-likeness (QED) is 0.674. The molecule has 102 valence electrons. The SMILES string of the molecule is Cc1cc(C(F)(F)F)ccc1C(NN)c1cscn1. The molecule has 0 spiro atoms. The van der Waals surface area contributed by atoms with Crippen LogP contribution in [0.5, 0.6) is 0 Å². The number of benzene rings is 1. The number of halogens is 3. The normalized spacial score (nSPS) is 13.5. The minimum absolute atomic E-state index is 0.409. The van der Waals surface area contributed by atoms with Crippen molar-refractivity contribution in [1.82, 2.24) is 10.4 Å². The zero-order valence-corrected chi connectivity index (χ0v) is 10.8. The van der Waals surface area contributed by atoms with Crippen molar-refractivity contribution in [3.63, 3.8) is 0 Å². The van der Waals surface area contributed by atoms with E-state index in [9.17, 15) is 13.2 Å². The Labute approximate surface area is 112 Å². The molecule has 0 bridgehead atoms. The van der Waals surface area contributed by atoms with Crippen molar-refractivity contribution in [2.24, 2.45) is 5.84 Å². The highest BCUT2D eigenvalue weighted by atomic mass is 32.1. The number of nitrogens with two attached hydrogens (primary N) is 1. The lowest BCUT2D eigenvalue weighted by Crippen LogP contribution is -2.29. The van der Waals surface area contributed by atoms with Gasteiger partial charge in [0.15, 0.2) is 0 Å². The molecule has 3 N–H and O–H groups in total. The number of aryl methyl sites for hydroxylation is 1. The summed E-state index contributed by atoms with van der Waals surface area (Å²) < 4.78 is 37.8. The lowest BCUT2D eigenvalue weighted by atomic mass is 9.97. The monoisotopic (exact) mass is 287 g/mol. The van der Waals surface area contributed by atoms with Crippen LogP contribution in [-0.4, -0.2) is 4.98 Å². The molecular weight excluding hydrogens is 275 g/mol. The molecule has 0 aliphatic heterocycles. The summed E-state index contributed by atoms with van der Waals surface area (Å²) in [5, 5.41) is 1.81. The molecule has 2 rings (SSSR count). The molecule has 0 saturated carbocycles. The van der Waals surface area contributed by atoms with Crippen LogP contribution in [0.25, 0.3) is 0 Å². The van der Waals surface area contributed by atoms with Gasteiger partial charge in [0.1, 0.15) is 0 Å². The molecule has 2 aromatic rings. The summed E-state index contributed by atoms with van der Waals surface area (Å²) in [5.74, 6) is 5.48. The summed E-state index contributed by atoms with van der Waals surface area (Å²) in [6.45, 7) is 1.63. The maximum Gasteiger partial charge on any atom is 0.416 e. The number of nitrogens with zero attached hydrogens (tertiary/aromatic N) is 1. The molecule has 1 aromatic carbocycles. The lowest BCUT2D eigenvalue weighted by molar-refractivity contribution is -0.137. The van der Waals surface area contributed by atoms with Crippen LogP contribution in [0, 0.1) is 6.92 Å². The molecule has 0 aliphatic carbocycles. The molecule has 1 heterocycles. The highest BCUT2D eigenvalue weighted by Crippen LogP contribution is 2.32. The van der Waals surface area contributed by atoms with Gasteiger partial charge in [-0.1, -0.05) is 6.07 Å². The Balaban J connectivity index is 2.40. The van der Waals surface area contributed by atoms with E-state index in [1.165, 1.54) is 17.4 Å². The average molecular weight is 287 g/mol. The van der Waals surface area contributed by atoms with Crippen LogP contribution >= 0.6 is 11.3 Å². The fraction of sp³-hybridized carbons (Fsp3) is 0.250. The van der Waals surface area contributed by atoms with Crippen molar-refractivity contribution in [1.29, 1.82) is 0 Å². The number of alkyl halides is 3. The summed E-state index contributed by atoms with van der Waals surface area (Å²) in [7, 11) is 0. The molecule has 7 heteroatoms. The molecule has 1 unspecified atom stereocenters. The van der Waals surface area contributed by atoms with E-state index in [-0.39, 0.29) is 0 Å². The van der Waals surface area contributed by atoms with Crippen molar-refractivity contribution in [2.75, 3.05) is 0 Å². The highest BCUT2D eigenvalue weighted by Gasteiger charge is 2.31. The third kappa shape index (κ3) is 2.94. The smallest absolute Gasteiger partial charge is 0.271 e. The van der Waals surface area contributed by atoms with Gasteiger partial charge in [0.25, 0.3) is 0 Å². The Morgan fingerprint density at radius 1 is 1.37 bits per heavy atom. The van der Waals surface area contributed by atoms with Crippen LogP contribution < -0.4 is 11.3 Å². The van der Waals surface area contributed by atoms with E-state index in [4.69, 9.17) is 5.84 Å². The van der Waals surface area contributed by atoms with E-state index in [1.54, 1.807) is 12.4 Å². The fourth-order valence-electron chi connectivity index (χ4n) is 1.87. The van der Waals surface area contributed by atoms with Gasteiger partial charge in [0, 0.05) is 5.38 Å². The molecule has 0 amide bonds. The second-order valence-electron chi connectivity index (χ2n) is 4.08. The van der Waals surface area contributed by atoms with Crippen LogP contribution in [-0.2, 0) is 6.18 Å². The van der Waals surface area contributed by atoms with E-state index >= 15 is 0 Å². The maximum atomic E-state index is 12.6. The summed E-state index contributed by atoms with van der Waals surface area (Å²) in [6.07, 6.45) is -4.34. The van der Waals surface area contributed by atoms with Crippen molar-refractivity contribution >= 4 is 11.3 Å². The van der Waals surface area contributed by atoms with Crippen molar-refractivity contribution in [2.45, 2.75) is 19.1 Å². The average Bonchev–Trinajstić information content (AvgIpc) is 2.84. The summed E-state index contributed by atoms with van der Waals surface area (Å²) in [6, 6.07) is 3.20. The Morgan fingerprint density at radius 2 is 2.11 bits per heavy atom. The van der Waals surface area contributed by atoms with Gasteiger partial charge in [-0.25, -0.2) is 10.4 Å². The molecule has 3 nitrogen and oxygen atoms in total. The van der Waals surface area contributed by atoms with E-state index in [1.807, 2.05) is 5.38 Å². The second-order valence-corrected chi connectivity index (χ2v) is 4.80. The van der Waals surface area contributed by atoms with Crippen LogP contribution in [0.4, 0.5) is 13.2 Å². The van der Waals surface area contributed by atoms with E-state index in [0.29, 0.717) is 16.8 Å². The van der Waals surface area contributed by atoms with Crippen molar-refractivity contribution in [3.8, 4) is 0 Å². The number of hydrogen-bond acceptors (Lipinski definition) is 4. The zero-order chi connectivity index (χ0) is 14.0. The van der Waals surface area contributed by atoms with E-state index < -0.39 is 17.8 Å². The minimum Gasteiger partial charge on any atom is -0.271 e. The van der Waals surface area contributed by atoms with Gasteiger partial charge >= 0.3 is 6.18 Å². The van der Waals surface area contributed by atoms with E-state index in [2.05, 4.69) is 10.4 Å². The van der Waals surface area contributed by atoms with E-state index in [0.717, 1.165) is 12.1 Å². The molecule has 0 saturated heterocycles. The summed E-state index contributed by atoms with van der Waals surface area (Å²) in [4.78, 5) is 4.13. The molecular formula is C12H12F3N3S. The number of nitrogens with one attached hydrogen (secondary N) is 1. The standard InChI is InChI=1S/C12H12F3N3S/c1-7-4-8(12(13,14)15)2-3-9(7)11(18-16)10-5-19-6-17-10/h2-6,11,18H,16H2,1H3. The van der Waals surface area contributed by atoms with Crippen LogP contribution in [0.15, 0.2) is 29.1 Å². The first kappa shape index (κ1) is 14.0. The van der Waals surface area contributed by atoms with Gasteiger partial charge < -0.3 is 0 Å². The van der Waals surface area contributed by atoms with Crippen LogP contribution in [0.2, 0.25) is 0 Å². The first-order valence-corrected chi connectivity index (χ1v) is 6.39. The Bertz CT molecular complexity index is 552. The molecule has 1 atom stereocenters. The van der Waals surface area contributed by atoms with Gasteiger partial charge in [-0.05, 0) is 30.2 Å². The molecule has 0 fully saturated rings.